The molecule has 120 valence electrons. The summed E-state index contributed by atoms with van der Waals surface area (Å²) in [5.41, 5.74) is -0.360. The number of pyridine rings is 1. The fraction of sp³-hybridized carbons (Fsp3) is 0.273. The average Bonchev–Trinajstić information content (AvgIpc) is 2.90. The van der Waals surface area contributed by atoms with Crippen LogP contribution in [0.5, 0.6) is 0 Å². The Labute approximate surface area is 128 Å². The van der Waals surface area contributed by atoms with Gasteiger partial charge in [0.2, 0.25) is 0 Å². The second-order valence-corrected chi connectivity index (χ2v) is 3.92. The zero-order valence-electron chi connectivity index (χ0n) is 10.8. The first-order chi connectivity index (χ1) is 9.87. The highest BCUT2D eigenvalue weighted by molar-refractivity contribution is 5.88. The minimum atomic E-state index is -4.49. The zero-order valence-corrected chi connectivity index (χ0v) is 11.6. The molecule has 0 atom stereocenters. The molecule has 0 saturated carbocycles. The molecular weight excluding hydrogens is 329 g/mol. The van der Waals surface area contributed by atoms with Crippen LogP contribution in [-0.4, -0.2) is 43.6 Å². The van der Waals surface area contributed by atoms with Gasteiger partial charge in [-0.15, -0.1) is 12.4 Å². The van der Waals surface area contributed by atoms with Crippen LogP contribution in [0, 0.1) is 0 Å². The highest BCUT2D eigenvalue weighted by Gasteiger charge is 2.27. The van der Waals surface area contributed by atoms with E-state index in [0.29, 0.717) is 0 Å². The van der Waals surface area contributed by atoms with Crippen molar-refractivity contribution < 1.29 is 27.8 Å². The Bertz CT molecular complexity index is 634. The van der Waals surface area contributed by atoms with Crippen molar-refractivity contribution in [1.82, 2.24) is 19.7 Å². The van der Waals surface area contributed by atoms with Crippen LogP contribution in [0.3, 0.4) is 0 Å². The van der Waals surface area contributed by atoms with Crippen molar-refractivity contribution in [2.45, 2.75) is 12.8 Å². The van der Waals surface area contributed by atoms with E-state index in [0.717, 1.165) is 0 Å². The van der Waals surface area contributed by atoms with Gasteiger partial charge in [-0.3, -0.25) is 0 Å². The first-order valence-corrected chi connectivity index (χ1v) is 5.59. The van der Waals surface area contributed by atoms with Gasteiger partial charge in [0.25, 0.3) is 0 Å². The van der Waals surface area contributed by atoms with Crippen LogP contribution in [0.1, 0.15) is 16.1 Å². The molecule has 0 radical (unpaired) electrons. The number of nitrogens with zero attached hydrogens (tertiary/aromatic N) is 4. The predicted octanol–water partition coefficient (Wildman–Crippen LogP) is 1.86. The van der Waals surface area contributed by atoms with E-state index in [-0.39, 0.29) is 29.5 Å². The average molecular weight is 339 g/mol. The molecule has 0 aliphatic rings. The number of carboxylic acid groups (broad SMARTS) is 1. The molecule has 0 spiro atoms. The van der Waals surface area contributed by atoms with E-state index in [1.807, 2.05) is 0 Å². The number of aromatic carboxylic acids is 1. The second-order valence-electron chi connectivity index (χ2n) is 3.92. The molecule has 22 heavy (non-hydrogen) atoms. The van der Waals surface area contributed by atoms with Crippen molar-refractivity contribution in [3.05, 3.63) is 36.0 Å². The molecule has 0 aliphatic heterocycles. The first kappa shape index (κ1) is 17.9. The lowest BCUT2D eigenvalue weighted by atomic mass is 10.2. The van der Waals surface area contributed by atoms with Crippen molar-refractivity contribution in [2.75, 3.05) is 6.61 Å². The Morgan fingerprint density at radius 3 is 2.64 bits per heavy atom. The van der Waals surface area contributed by atoms with E-state index in [1.165, 1.54) is 29.5 Å². The fourth-order valence-corrected chi connectivity index (χ4v) is 1.51. The highest BCUT2D eigenvalue weighted by Crippen LogP contribution is 2.17. The third-order valence-electron chi connectivity index (χ3n) is 2.35. The van der Waals surface area contributed by atoms with E-state index >= 15 is 0 Å². The van der Waals surface area contributed by atoms with Gasteiger partial charge in [0.1, 0.15) is 19.3 Å². The second kappa shape index (κ2) is 7.18. The predicted molar refractivity (Wildman–Crippen MR) is 69.1 cm³/mol. The molecule has 0 bridgehead atoms. The molecule has 0 saturated heterocycles. The number of carboxylic acids is 1. The van der Waals surface area contributed by atoms with E-state index < -0.39 is 25.4 Å². The molecule has 0 unspecified atom stereocenters. The van der Waals surface area contributed by atoms with Gasteiger partial charge in [0.05, 0.1) is 17.9 Å². The molecule has 2 aromatic rings. The number of halogens is 4. The summed E-state index contributed by atoms with van der Waals surface area (Å²) >= 11 is 0. The van der Waals surface area contributed by atoms with E-state index in [9.17, 15) is 18.0 Å². The maximum atomic E-state index is 12.0. The number of ether oxygens (including phenoxy) is 1. The monoisotopic (exact) mass is 338 g/mol. The molecule has 2 heterocycles. The number of carbonyl (C=O) groups is 1. The summed E-state index contributed by atoms with van der Waals surface area (Å²) in [7, 11) is 0. The van der Waals surface area contributed by atoms with Gasteiger partial charge < -0.3 is 9.84 Å². The molecule has 1 N–H and O–H groups in total. The number of hydrogen-bond acceptors (Lipinski definition) is 5. The Morgan fingerprint density at radius 2 is 2.09 bits per heavy atom. The molecule has 11 heteroatoms. The number of alkyl halides is 3. The largest absolute Gasteiger partial charge is 0.478 e. The van der Waals surface area contributed by atoms with Gasteiger partial charge >= 0.3 is 12.1 Å². The third-order valence-corrected chi connectivity index (χ3v) is 2.35. The Kier molecular flexibility index (Phi) is 5.83. The molecule has 0 fully saturated rings. The van der Waals surface area contributed by atoms with Crippen LogP contribution in [-0.2, 0) is 11.3 Å². The quantitative estimate of drug-likeness (QED) is 0.895. The lowest BCUT2D eigenvalue weighted by Crippen LogP contribution is -2.18. The van der Waals surface area contributed by atoms with Crippen molar-refractivity contribution in [2.24, 2.45) is 0 Å². The van der Waals surface area contributed by atoms with Crippen molar-refractivity contribution in [3.8, 4) is 5.82 Å². The summed E-state index contributed by atoms with van der Waals surface area (Å²) in [6.07, 6.45) is -1.93. The van der Waals surface area contributed by atoms with Crippen molar-refractivity contribution in [1.29, 1.82) is 0 Å². The summed E-state index contributed by atoms with van der Waals surface area (Å²) < 4.78 is 41.8. The maximum Gasteiger partial charge on any atom is 0.411 e. The Balaban J connectivity index is 0.00000242. The number of aromatic nitrogens is 4. The van der Waals surface area contributed by atoms with Gasteiger partial charge in [0, 0.05) is 0 Å². The molecule has 2 aromatic heterocycles. The van der Waals surface area contributed by atoms with Gasteiger partial charge in [-0.2, -0.15) is 18.3 Å². The summed E-state index contributed by atoms with van der Waals surface area (Å²) in [4.78, 5) is 18.7. The number of rotatable bonds is 5. The lowest BCUT2D eigenvalue weighted by Gasteiger charge is -2.10. The molecule has 7 nitrogen and oxygen atoms in total. The van der Waals surface area contributed by atoms with Crippen LogP contribution in [0.2, 0.25) is 0 Å². The van der Waals surface area contributed by atoms with Gasteiger partial charge in [0.15, 0.2) is 5.82 Å². The summed E-state index contributed by atoms with van der Waals surface area (Å²) in [6, 6.07) is 2.59. The molecule has 2 rings (SSSR count). The smallest absolute Gasteiger partial charge is 0.411 e. The topological polar surface area (TPSA) is 90.1 Å². The van der Waals surface area contributed by atoms with Gasteiger partial charge in [-0.25, -0.2) is 19.4 Å². The number of hydrogen-bond donors (Lipinski definition) is 1. The van der Waals surface area contributed by atoms with Crippen LogP contribution < -0.4 is 0 Å². The minimum Gasteiger partial charge on any atom is -0.478 e. The SMILES string of the molecule is Cl.O=C(O)c1ccc(-n2cncn2)nc1COCC(F)(F)F. The molecular formula is C11H10ClF3N4O3. The molecule has 0 amide bonds. The fourth-order valence-electron chi connectivity index (χ4n) is 1.51. The van der Waals surface area contributed by atoms with Crippen molar-refractivity contribution in [3.63, 3.8) is 0 Å². The van der Waals surface area contributed by atoms with Gasteiger partial charge in [-0.05, 0) is 12.1 Å². The van der Waals surface area contributed by atoms with Crippen LogP contribution in [0.15, 0.2) is 24.8 Å². The first-order valence-electron chi connectivity index (χ1n) is 5.59. The van der Waals surface area contributed by atoms with E-state index in [1.54, 1.807) is 0 Å². The zero-order chi connectivity index (χ0) is 15.5. The maximum absolute atomic E-state index is 12.0. The van der Waals surface area contributed by atoms with E-state index in [2.05, 4.69) is 19.8 Å². The Hall–Kier alpha value is -2.20. The van der Waals surface area contributed by atoms with Crippen LogP contribution in [0.25, 0.3) is 5.82 Å². The third kappa shape index (κ3) is 4.67. The van der Waals surface area contributed by atoms with Crippen LogP contribution >= 0.6 is 12.4 Å². The summed E-state index contributed by atoms with van der Waals surface area (Å²) in [5.74, 6) is -1.08. The van der Waals surface area contributed by atoms with E-state index in [4.69, 9.17) is 5.11 Å². The molecule has 0 aliphatic carbocycles. The Morgan fingerprint density at radius 1 is 1.36 bits per heavy atom. The standard InChI is InChI=1S/C11H9F3N4O3.ClH/c12-11(13,14)4-21-3-8-7(10(19)20)1-2-9(17-8)18-6-15-5-16-18;/h1-2,5-6H,3-4H2,(H,19,20);1H. The normalized spacial score (nSPS) is 11.0. The van der Waals surface area contributed by atoms with Gasteiger partial charge in [-0.1, -0.05) is 0 Å². The molecule has 0 aromatic carbocycles. The summed E-state index contributed by atoms with van der Waals surface area (Å²) in [6.45, 7) is -2.06. The van der Waals surface area contributed by atoms with Crippen molar-refractivity contribution >= 4 is 18.4 Å². The minimum absolute atomic E-state index is 0. The lowest BCUT2D eigenvalue weighted by molar-refractivity contribution is -0.176. The summed E-state index contributed by atoms with van der Waals surface area (Å²) in [5, 5.41) is 12.8. The van der Waals surface area contributed by atoms with Crippen LogP contribution in [0.4, 0.5) is 13.2 Å². The highest BCUT2D eigenvalue weighted by atomic mass is 35.5.